The Morgan fingerprint density at radius 2 is 1.19 bits per heavy atom. The Balaban J connectivity index is 1.27. The molecule has 8 rings (SSSR count). The lowest BCUT2D eigenvalue weighted by Gasteiger charge is -2.34. The van der Waals surface area contributed by atoms with Crippen molar-refractivity contribution in [2.75, 3.05) is 7.11 Å². The molecule has 0 N–H and O–H groups in total. The van der Waals surface area contributed by atoms with E-state index in [1.54, 1.807) is 7.11 Å². The highest BCUT2D eigenvalue weighted by Gasteiger charge is 2.57. The van der Waals surface area contributed by atoms with Crippen molar-refractivity contribution in [2.24, 2.45) is 11.8 Å². The largest absolute Gasteiger partial charge is 0.497 e. The zero-order valence-electron chi connectivity index (χ0n) is 26.5. The lowest BCUT2D eigenvalue weighted by molar-refractivity contribution is -0.143. The third-order valence-corrected chi connectivity index (χ3v) is 10.5. The fraction of sp³-hybridized carbons (Fsp3) is 0.186. The van der Waals surface area contributed by atoms with E-state index in [0.717, 1.165) is 33.6 Å². The van der Waals surface area contributed by atoms with Gasteiger partial charge in [0.2, 0.25) is 0 Å². The molecule has 1 aliphatic heterocycles. The Hall–Kier alpha value is -5.55. The number of allylic oxidation sites excluding steroid dienone is 1. The van der Waals surface area contributed by atoms with Gasteiger partial charge in [-0.15, -0.1) is 0 Å². The molecule has 5 nitrogen and oxygen atoms in total. The first-order valence-electron chi connectivity index (χ1n) is 16.5. The van der Waals surface area contributed by atoms with Gasteiger partial charge in [-0.05, 0) is 52.6 Å². The van der Waals surface area contributed by atoms with Crippen LogP contribution in [0.5, 0.6) is 5.75 Å². The van der Waals surface area contributed by atoms with Crippen LogP contribution in [0.25, 0.3) is 5.76 Å². The topological polar surface area (TPSA) is 69.7 Å². The SMILES string of the molecule is COc1ccc(C2=C[C@@H]3c4ccccc4[C@@H](C4c5ccccc5[C@@H](CC(=O)c5ccccc5)[C@@H]4C(=O)c4ccccc4)[C@@H]3C(=O)O2)cc1. The number of hydrogen-bond acceptors (Lipinski definition) is 5. The molecular weight excluding hydrogens is 596 g/mol. The molecule has 0 bridgehead atoms. The van der Waals surface area contributed by atoms with E-state index in [0.29, 0.717) is 16.9 Å². The van der Waals surface area contributed by atoms with Crippen molar-refractivity contribution >= 4 is 23.3 Å². The molecular formula is C43H34O5. The Bertz CT molecular complexity index is 2050. The van der Waals surface area contributed by atoms with Crippen molar-refractivity contribution in [2.45, 2.75) is 30.1 Å². The number of methoxy groups -OCH3 is 1. The van der Waals surface area contributed by atoms with E-state index in [2.05, 4.69) is 30.3 Å². The highest BCUT2D eigenvalue weighted by molar-refractivity contribution is 6.02. The summed E-state index contributed by atoms with van der Waals surface area (Å²) in [6.07, 6.45) is 2.26. The number of ketones is 2. The van der Waals surface area contributed by atoms with E-state index >= 15 is 0 Å². The first-order chi connectivity index (χ1) is 23.5. The summed E-state index contributed by atoms with van der Waals surface area (Å²) < 4.78 is 11.5. The van der Waals surface area contributed by atoms with Gasteiger partial charge in [-0.1, -0.05) is 109 Å². The first-order valence-corrected chi connectivity index (χ1v) is 16.5. The predicted molar refractivity (Wildman–Crippen MR) is 184 cm³/mol. The molecule has 5 heteroatoms. The van der Waals surface area contributed by atoms with E-state index in [9.17, 15) is 14.4 Å². The smallest absolute Gasteiger partial charge is 0.315 e. The predicted octanol–water partition coefficient (Wildman–Crippen LogP) is 8.74. The number of ether oxygens (including phenoxy) is 2. The fourth-order valence-corrected chi connectivity index (χ4v) is 8.44. The summed E-state index contributed by atoms with van der Waals surface area (Å²) in [6.45, 7) is 0. The van der Waals surface area contributed by atoms with Crippen LogP contribution in [0.2, 0.25) is 0 Å². The Morgan fingerprint density at radius 3 is 1.83 bits per heavy atom. The number of cyclic esters (lactones) is 1. The van der Waals surface area contributed by atoms with Crippen molar-refractivity contribution in [3.63, 3.8) is 0 Å². The summed E-state index contributed by atoms with van der Waals surface area (Å²) >= 11 is 0. The summed E-state index contributed by atoms with van der Waals surface area (Å²) in [4.78, 5) is 42.9. The van der Waals surface area contributed by atoms with E-state index in [1.807, 2.05) is 109 Å². The maximum absolute atomic E-state index is 14.8. The Kier molecular flexibility index (Phi) is 7.60. The lowest BCUT2D eigenvalue weighted by atomic mass is 9.68. The minimum atomic E-state index is -0.561. The van der Waals surface area contributed by atoms with E-state index < -0.39 is 11.8 Å². The van der Waals surface area contributed by atoms with Gasteiger partial charge < -0.3 is 9.47 Å². The van der Waals surface area contributed by atoms with Crippen LogP contribution < -0.4 is 4.74 Å². The molecule has 2 aliphatic carbocycles. The molecule has 6 atom stereocenters. The molecule has 0 aromatic heterocycles. The van der Waals surface area contributed by atoms with Gasteiger partial charge in [0.15, 0.2) is 11.6 Å². The molecule has 0 spiro atoms. The maximum Gasteiger partial charge on any atom is 0.315 e. The van der Waals surface area contributed by atoms with Crippen molar-refractivity contribution in [1.82, 2.24) is 0 Å². The van der Waals surface area contributed by atoms with Crippen molar-refractivity contribution in [1.29, 1.82) is 0 Å². The average molecular weight is 631 g/mol. The van der Waals surface area contributed by atoms with Gasteiger partial charge in [0, 0.05) is 52.7 Å². The van der Waals surface area contributed by atoms with E-state index in [-0.39, 0.29) is 47.6 Å². The number of fused-ring (bicyclic) bond motifs is 4. The molecule has 236 valence electrons. The molecule has 3 aliphatic rings. The maximum atomic E-state index is 14.8. The molecule has 0 amide bonds. The first kappa shape index (κ1) is 29.8. The minimum absolute atomic E-state index is 0.00393. The van der Waals surface area contributed by atoms with E-state index in [4.69, 9.17) is 9.47 Å². The van der Waals surface area contributed by atoms with Gasteiger partial charge in [0.05, 0.1) is 13.0 Å². The molecule has 1 heterocycles. The number of rotatable bonds is 8. The number of carbonyl (C=O) groups excluding carboxylic acids is 3. The van der Waals surface area contributed by atoms with Crippen LogP contribution in [0.1, 0.15) is 78.6 Å². The Labute approximate surface area is 279 Å². The molecule has 0 radical (unpaired) electrons. The zero-order chi connectivity index (χ0) is 32.8. The third kappa shape index (κ3) is 4.98. The van der Waals surface area contributed by atoms with Crippen LogP contribution in [0.4, 0.5) is 0 Å². The fourth-order valence-electron chi connectivity index (χ4n) is 8.44. The molecule has 0 fully saturated rings. The summed E-state index contributed by atoms with van der Waals surface area (Å²) in [5.41, 5.74) is 6.18. The number of carbonyl (C=O) groups is 3. The second-order valence-corrected chi connectivity index (χ2v) is 12.9. The molecule has 0 saturated carbocycles. The van der Waals surface area contributed by atoms with Crippen LogP contribution in [0.15, 0.2) is 140 Å². The quantitative estimate of drug-likeness (QED) is 0.127. The summed E-state index contributed by atoms with van der Waals surface area (Å²) in [5, 5.41) is 0. The van der Waals surface area contributed by atoms with Crippen molar-refractivity contribution in [3.8, 4) is 5.75 Å². The molecule has 48 heavy (non-hydrogen) atoms. The Morgan fingerprint density at radius 1 is 0.625 bits per heavy atom. The second kappa shape index (κ2) is 12.2. The van der Waals surface area contributed by atoms with E-state index in [1.165, 1.54) is 0 Å². The molecule has 0 saturated heterocycles. The van der Waals surface area contributed by atoms with Crippen LogP contribution >= 0.6 is 0 Å². The average Bonchev–Trinajstić information content (AvgIpc) is 3.64. The van der Waals surface area contributed by atoms with Gasteiger partial charge in [0.1, 0.15) is 11.5 Å². The standard InChI is InChI=1S/C43H34O5/c1-47-29-22-20-27(21-23-29)37-25-35-31-17-9-11-19-33(31)39(41(35)43(46)48-37)38-32-18-10-8-16-30(32)34(24-36(44)26-12-4-2-5-13-26)40(38)42(45)28-14-6-3-7-15-28/h2-23,25,34-35,38-41H,24H2,1H3/t34-,35-,38?,39+,40+,41-/m1/s1. The molecule has 5 aromatic rings. The van der Waals surface area contributed by atoms with Crippen LogP contribution in [0, 0.1) is 11.8 Å². The summed E-state index contributed by atoms with van der Waals surface area (Å²) in [6, 6.07) is 42.5. The van der Waals surface area contributed by atoms with Gasteiger partial charge in [-0.25, -0.2) is 0 Å². The van der Waals surface area contributed by atoms with Crippen LogP contribution in [-0.4, -0.2) is 24.6 Å². The van der Waals surface area contributed by atoms with Crippen LogP contribution in [-0.2, 0) is 9.53 Å². The lowest BCUT2D eigenvalue weighted by Crippen LogP contribution is -2.34. The second-order valence-electron chi connectivity index (χ2n) is 12.9. The monoisotopic (exact) mass is 630 g/mol. The highest BCUT2D eigenvalue weighted by Crippen LogP contribution is 2.63. The summed E-state index contributed by atoms with van der Waals surface area (Å²) in [7, 11) is 1.62. The number of hydrogen-bond donors (Lipinski definition) is 0. The number of benzene rings is 5. The van der Waals surface area contributed by atoms with Gasteiger partial charge in [-0.3, -0.25) is 14.4 Å². The zero-order valence-corrected chi connectivity index (χ0v) is 26.5. The minimum Gasteiger partial charge on any atom is -0.497 e. The molecule has 1 unspecified atom stereocenters. The van der Waals surface area contributed by atoms with Crippen molar-refractivity contribution < 1.29 is 23.9 Å². The van der Waals surface area contributed by atoms with Gasteiger partial charge in [0.25, 0.3) is 0 Å². The van der Waals surface area contributed by atoms with Gasteiger partial charge >= 0.3 is 5.97 Å². The highest BCUT2D eigenvalue weighted by atomic mass is 16.5. The number of esters is 1. The van der Waals surface area contributed by atoms with Crippen molar-refractivity contribution in [3.05, 3.63) is 178 Å². The number of Topliss-reactive ketones (excluding diaryl/α,β-unsaturated/α-hetero) is 2. The molecule has 5 aromatic carbocycles. The third-order valence-electron chi connectivity index (χ3n) is 10.5. The van der Waals surface area contributed by atoms with Crippen LogP contribution in [0.3, 0.4) is 0 Å². The van der Waals surface area contributed by atoms with Gasteiger partial charge in [-0.2, -0.15) is 0 Å². The summed E-state index contributed by atoms with van der Waals surface area (Å²) in [5.74, 6) is -1.43. The normalized spacial score (nSPS) is 23.7.